The maximum absolute atomic E-state index is 12.6. The SMILES string of the molecule is Cc1c(N)c(/N=N/c2ccc(S(=O)(=O)CCOS(=O)(=O)O)cc2S(=O)(=O)O)c(N)c(/N=N/c2ccc(S(=O)(=O)CCOS(=O)(=O)O)cc2)c1S(=O)(=O)O. The predicted molar refractivity (Wildman–Crippen MR) is 180 cm³/mol. The van der Waals surface area contributed by atoms with Crippen LogP contribution in [0.5, 0.6) is 0 Å². The Morgan fingerprint density at radius 2 is 1.06 bits per heavy atom. The first-order chi connectivity index (χ1) is 24.0. The highest BCUT2D eigenvalue weighted by Gasteiger charge is 2.28. The van der Waals surface area contributed by atoms with Gasteiger partial charge in [-0.1, -0.05) is 0 Å². The zero-order valence-corrected chi connectivity index (χ0v) is 31.2. The van der Waals surface area contributed by atoms with Gasteiger partial charge >= 0.3 is 20.8 Å². The summed E-state index contributed by atoms with van der Waals surface area (Å²) in [5.74, 6) is -1.92. The summed E-state index contributed by atoms with van der Waals surface area (Å²) in [6, 6.07) is 6.15. The van der Waals surface area contributed by atoms with Crippen molar-refractivity contribution in [1.82, 2.24) is 0 Å². The van der Waals surface area contributed by atoms with Gasteiger partial charge in [0.25, 0.3) is 20.2 Å². The van der Waals surface area contributed by atoms with Crippen LogP contribution in [0.2, 0.25) is 0 Å². The van der Waals surface area contributed by atoms with Gasteiger partial charge in [-0.3, -0.25) is 18.2 Å². The average molecular weight is 867 g/mol. The standard InChI is InChI=1S/C23H26N6O18S6/c1-13-19(24)21(28-27-17-7-6-16(12-18(17)50(34,35)36)49(32,33)11-9-47-53(43,44)45)20(25)22(23(13)51(37,38)39)29-26-14-2-4-15(5-3-14)48(30,31)10-8-46-52(40,41)42/h2-7,12H,8-11,24-25H2,1H3,(H,34,35,36)(H,37,38,39)(H,40,41,42)(H,43,44,45)/b28-27+,29-26+. The third kappa shape index (κ3) is 11.7. The minimum atomic E-state index is -5.26. The van der Waals surface area contributed by atoms with Gasteiger partial charge in [0.2, 0.25) is 0 Å². The summed E-state index contributed by atoms with van der Waals surface area (Å²) < 4.78 is 187. The van der Waals surface area contributed by atoms with Crippen molar-refractivity contribution >= 4 is 94.8 Å². The predicted octanol–water partition coefficient (Wildman–Crippen LogP) is 1.67. The molecule has 0 aliphatic carbocycles. The van der Waals surface area contributed by atoms with Gasteiger partial charge in [0.1, 0.15) is 26.9 Å². The highest BCUT2D eigenvalue weighted by Crippen LogP contribution is 2.46. The number of hydrogen-bond acceptors (Lipinski definition) is 20. The van der Waals surface area contributed by atoms with Gasteiger partial charge in [-0.25, -0.2) is 25.2 Å². The van der Waals surface area contributed by atoms with E-state index >= 15 is 0 Å². The summed E-state index contributed by atoms with van der Waals surface area (Å²) in [6.45, 7) is -0.888. The summed E-state index contributed by atoms with van der Waals surface area (Å²) in [6.07, 6.45) is 0. The van der Waals surface area contributed by atoms with Crippen molar-refractivity contribution in [3.8, 4) is 0 Å². The Bertz CT molecular complexity index is 2660. The third-order valence-electron chi connectivity index (χ3n) is 6.44. The second kappa shape index (κ2) is 15.7. The van der Waals surface area contributed by atoms with Crippen LogP contribution in [0.3, 0.4) is 0 Å². The summed E-state index contributed by atoms with van der Waals surface area (Å²) in [5, 5.41) is 14.9. The molecule has 0 unspecified atom stereocenters. The molecule has 0 spiro atoms. The fourth-order valence-electron chi connectivity index (χ4n) is 4.02. The Hall–Kier alpha value is -4.08. The van der Waals surface area contributed by atoms with Gasteiger partial charge in [0.15, 0.2) is 19.7 Å². The van der Waals surface area contributed by atoms with Gasteiger partial charge in [-0.05, 0) is 55.0 Å². The van der Waals surface area contributed by atoms with E-state index in [1.807, 2.05) is 0 Å². The molecule has 0 saturated heterocycles. The first-order valence-electron chi connectivity index (χ1n) is 13.5. The van der Waals surface area contributed by atoms with Crippen LogP contribution in [0.4, 0.5) is 34.1 Å². The van der Waals surface area contributed by atoms with Gasteiger partial charge in [-0.15, -0.1) is 15.3 Å². The summed E-state index contributed by atoms with van der Waals surface area (Å²) in [5.41, 5.74) is 8.18. The highest BCUT2D eigenvalue weighted by atomic mass is 32.3. The Balaban J connectivity index is 2.08. The molecule has 53 heavy (non-hydrogen) atoms. The molecule has 0 atom stereocenters. The van der Waals surface area contributed by atoms with Crippen molar-refractivity contribution in [2.75, 3.05) is 36.2 Å². The number of benzene rings is 3. The molecule has 0 aliphatic heterocycles. The van der Waals surface area contributed by atoms with Crippen LogP contribution >= 0.6 is 0 Å². The van der Waals surface area contributed by atoms with E-state index in [1.165, 1.54) is 0 Å². The number of nitrogens with zero attached hydrogens (tertiary/aromatic N) is 4. The monoisotopic (exact) mass is 866 g/mol. The van der Waals surface area contributed by atoms with Crippen molar-refractivity contribution in [1.29, 1.82) is 0 Å². The average Bonchev–Trinajstić information content (AvgIpc) is 2.99. The molecule has 0 aliphatic rings. The molecule has 292 valence electrons. The molecular formula is C23H26N6O18S6. The van der Waals surface area contributed by atoms with E-state index in [-0.39, 0.29) is 10.6 Å². The highest BCUT2D eigenvalue weighted by molar-refractivity contribution is 7.92. The molecule has 3 aromatic rings. The van der Waals surface area contributed by atoms with Crippen LogP contribution in [-0.4, -0.2) is 93.4 Å². The van der Waals surface area contributed by atoms with Crippen LogP contribution in [0.25, 0.3) is 0 Å². The van der Waals surface area contributed by atoms with Crippen LogP contribution in [0, 0.1) is 6.92 Å². The van der Waals surface area contributed by atoms with Crippen LogP contribution in [-0.2, 0) is 69.1 Å². The Morgan fingerprint density at radius 3 is 1.53 bits per heavy atom. The largest absolute Gasteiger partial charge is 0.397 e. The van der Waals surface area contributed by atoms with E-state index in [2.05, 4.69) is 28.8 Å². The molecule has 8 N–H and O–H groups in total. The van der Waals surface area contributed by atoms with Gasteiger partial charge < -0.3 is 11.5 Å². The van der Waals surface area contributed by atoms with E-state index < -0.39 is 134 Å². The molecule has 3 rings (SSSR count). The lowest BCUT2D eigenvalue weighted by atomic mass is 10.1. The lowest BCUT2D eigenvalue weighted by molar-refractivity contribution is 0.282. The van der Waals surface area contributed by atoms with E-state index in [9.17, 15) is 59.6 Å². The molecular weight excluding hydrogens is 841 g/mol. The number of hydrogen-bond donors (Lipinski definition) is 6. The number of rotatable bonds is 16. The number of azo groups is 2. The maximum Gasteiger partial charge on any atom is 0.397 e. The van der Waals surface area contributed by atoms with E-state index in [4.69, 9.17) is 20.6 Å². The van der Waals surface area contributed by atoms with Crippen molar-refractivity contribution in [3.05, 3.63) is 48.0 Å². The summed E-state index contributed by atoms with van der Waals surface area (Å²) in [7, 11) is -29.0. The molecule has 0 bridgehead atoms. The second-order valence-electron chi connectivity index (χ2n) is 10.1. The number of sulfone groups is 2. The molecule has 30 heteroatoms. The minimum absolute atomic E-state index is 0.131. The normalized spacial score (nSPS) is 13.6. The smallest absolute Gasteiger partial charge is 0.397 e. The van der Waals surface area contributed by atoms with Crippen molar-refractivity contribution in [3.63, 3.8) is 0 Å². The van der Waals surface area contributed by atoms with Crippen molar-refractivity contribution < 1.29 is 77.1 Å². The van der Waals surface area contributed by atoms with E-state index in [1.54, 1.807) is 0 Å². The molecule has 24 nitrogen and oxygen atoms in total. The van der Waals surface area contributed by atoms with E-state index in [0.29, 0.717) is 6.07 Å². The molecule has 0 radical (unpaired) electrons. The van der Waals surface area contributed by atoms with Crippen LogP contribution < -0.4 is 11.5 Å². The fraction of sp³-hybridized carbons (Fsp3) is 0.217. The second-order valence-corrected chi connectivity index (χ2v) is 19.2. The Labute approximate surface area is 301 Å². The first kappa shape index (κ1) is 43.3. The Morgan fingerprint density at radius 1 is 0.585 bits per heavy atom. The zero-order chi connectivity index (χ0) is 40.4. The molecule has 0 fully saturated rings. The molecule has 0 aromatic heterocycles. The Kier molecular flexibility index (Phi) is 12.9. The van der Waals surface area contributed by atoms with Crippen LogP contribution in [0.1, 0.15) is 5.56 Å². The third-order valence-corrected chi connectivity index (χ3v) is 12.6. The lowest BCUT2D eigenvalue weighted by Gasteiger charge is -2.14. The topological polar surface area (TPSA) is 406 Å². The van der Waals surface area contributed by atoms with Gasteiger partial charge in [-0.2, -0.15) is 38.8 Å². The molecule has 0 heterocycles. The van der Waals surface area contributed by atoms with Gasteiger partial charge in [0, 0.05) is 0 Å². The number of nitrogens with two attached hydrogens (primary N) is 2. The molecule has 0 amide bonds. The first-order valence-corrected chi connectivity index (χ1v) is 22.4. The number of nitrogen functional groups attached to an aromatic ring is 2. The zero-order valence-electron chi connectivity index (χ0n) is 26.3. The fourth-order valence-corrected chi connectivity index (χ4v) is 8.64. The minimum Gasteiger partial charge on any atom is -0.397 e. The number of anilines is 2. The summed E-state index contributed by atoms with van der Waals surface area (Å²) >= 11 is 0. The van der Waals surface area contributed by atoms with Crippen molar-refractivity contribution in [2.45, 2.75) is 26.5 Å². The lowest BCUT2D eigenvalue weighted by Crippen LogP contribution is -2.16. The maximum atomic E-state index is 12.6. The van der Waals surface area contributed by atoms with Crippen LogP contribution in [0.15, 0.2) is 82.5 Å². The quantitative estimate of drug-likeness (QED) is 0.0677. The molecule has 0 saturated carbocycles. The van der Waals surface area contributed by atoms with E-state index in [0.717, 1.165) is 43.3 Å². The van der Waals surface area contributed by atoms with Gasteiger partial charge in [0.05, 0.1) is 51.6 Å². The summed E-state index contributed by atoms with van der Waals surface area (Å²) in [4.78, 5) is -3.22. The molecule has 3 aromatic carbocycles. The van der Waals surface area contributed by atoms with Crippen molar-refractivity contribution in [2.24, 2.45) is 20.5 Å².